The Bertz CT molecular complexity index is 1280. The summed E-state index contributed by atoms with van der Waals surface area (Å²) in [7, 11) is 2.29. The molecule has 3 heterocycles. The first-order chi connectivity index (χ1) is 19.3. The second-order valence-electron chi connectivity index (χ2n) is 11.0. The van der Waals surface area contributed by atoms with Crippen LogP contribution in [0.15, 0.2) is 84.9 Å². The normalized spacial score (nSPS) is 23.6. The largest absolute Gasteiger partial charge is 0.466 e. The molecular weight excluding hydrogens is 522 g/mol. The number of hydrogen-bond donors (Lipinski definition) is 1. The third-order valence-electron chi connectivity index (χ3n) is 8.35. The number of likely N-dealkylation sites (N-methyl/N-ethyl adjacent to an activating group) is 1. The van der Waals surface area contributed by atoms with Crippen molar-refractivity contribution in [3.8, 4) is 0 Å². The van der Waals surface area contributed by atoms with Gasteiger partial charge in [0, 0.05) is 24.1 Å². The third kappa shape index (κ3) is 5.78. The van der Waals surface area contributed by atoms with Crippen LogP contribution in [0.5, 0.6) is 0 Å². The molecule has 1 N–H and O–H groups in total. The summed E-state index contributed by atoms with van der Waals surface area (Å²) in [6.07, 6.45) is 7.82. The smallest absolute Gasteiger partial charge is 0.347 e. The van der Waals surface area contributed by atoms with Gasteiger partial charge in [-0.25, -0.2) is 4.79 Å². The van der Waals surface area contributed by atoms with Crippen LogP contribution >= 0.6 is 11.3 Å². The molecule has 2 unspecified atom stereocenters. The quantitative estimate of drug-likeness (QED) is 0.190. The lowest BCUT2D eigenvalue weighted by atomic mass is 9.86. The zero-order valence-corrected chi connectivity index (χ0v) is 24.0. The van der Waals surface area contributed by atoms with E-state index in [0.717, 1.165) is 23.9 Å². The minimum Gasteiger partial charge on any atom is -0.466 e. The lowest BCUT2D eigenvalue weighted by Gasteiger charge is -2.47. The number of thiophene rings is 1. The van der Waals surface area contributed by atoms with Gasteiger partial charge in [-0.3, -0.25) is 4.79 Å². The number of aliphatic hydroxyl groups is 1. The Hall–Kier alpha value is -3.26. The first-order valence-electron chi connectivity index (χ1n) is 14.1. The van der Waals surface area contributed by atoms with Crippen molar-refractivity contribution in [3.05, 3.63) is 106 Å². The molecule has 1 saturated heterocycles. The topological polar surface area (TPSA) is 72.8 Å². The fraction of sp³-hybridized carbons (Fsp3) is 0.394. The first-order valence-corrected chi connectivity index (χ1v) is 15.0. The highest BCUT2D eigenvalue weighted by Crippen LogP contribution is 2.41. The van der Waals surface area contributed by atoms with Gasteiger partial charge in [0.15, 0.2) is 0 Å². The average Bonchev–Trinajstić information content (AvgIpc) is 3.43. The summed E-state index contributed by atoms with van der Waals surface area (Å²) in [6, 6.07) is 22.9. The highest BCUT2D eigenvalue weighted by atomic mass is 32.1. The molecule has 2 aliphatic rings. The molecule has 7 heteroatoms. The molecule has 6 nitrogen and oxygen atoms in total. The highest BCUT2D eigenvalue weighted by molar-refractivity contribution is 7.11. The summed E-state index contributed by atoms with van der Waals surface area (Å²) in [5.74, 6) is -0.759. The molecule has 4 atom stereocenters. The van der Waals surface area contributed by atoms with E-state index in [1.54, 1.807) is 24.3 Å². The van der Waals surface area contributed by atoms with Gasteiger partial charge in [-0.1, -0.05) is 60.7 Å². The van der Waals surface area contributed by atoms with Crippen molar-refractivity contribution in [1.82, 2.24) is 0 Å². The number of esters is 2. The van der Waals surface area contributed by atoms with Crippen LogP contribution in [0.1, 0.15) is 53.5 Å². The van der Waals surface area contributed by atoms with Crippen LogP contribution in [0, 0.1) is 0 Å². The van der Waals surface area contributed by atoms with Crippen molar-refractivity contribution in [2.45, 2.75) is 69.4 Å². The minimum absolute atomic E-state index is 0.130. The van der Waals surface area contributed by atoms with E-state index in [4.69, 9.17) is 9.47 Å². The number of fused-ring (bicyclic) bond motifs is 2. The third-order valence-corrected chi connectivity index (χ3v) is 9.48. The second-order valence-corrected chi connectivity index (χ2v) is 12.2. The van der Waals surface area contributed by atoms with E-state index in [9.17, 15) is 14.7 Å². The van der Waals surface area contributed by atoms with Crippen molar-refractivity contribution in [1.29, 1.82) is 0 Å². The molecule has 3 aromatic rings. The van der Waals surface area contributed by atoms with Crippen molar-refractivity contribution >= 4 is 23.3 Å². The SMILES string of the molecule is CCOC(=O)CCCc1ccc(C[N+]2(C)[C@@H]3C=C[C@H]2CC(OC(=O)C(O)(c2ccccc2)c2ccccc2)C3)s1. The fourth-order valence-electron chi connectivity index (χ4n) is 6.12. The van der Waals surface area contributed by atoms with Crippen molar-refractivity contribution in [3.63, 3.8) is 0 Å². The molecule has 2 bridgehead atoms. The Morgan fingerprint density at radius 3 is 2.08 bits per heavy atom. The predicted molar refractivity (Wildman–Crippen MR) is 155 cm³/mol. The number of carbonyl (C=O) groups excluding carboxylic acids is 2. The van der Waals surface area contributed by atoms with Crippen LogP contribution in [0.25, 0.3) is 0 Å². The van der Waals surface area contributed by atoms with E-state index in [-0.39, 0.29) is 24.2 Å². The second kappa shape index (κ2) is 12.1. The molecule has 0 saturated carbocycles. The Labute approximate surface area is 240 Å². The van der Waals surface area contributed by atoms with Gasteiger partial charge in [0.1, 0.15) is 24.7 Å². The van der Waals surface area contributed by atoms with Crippen LogP contribution in [0.3, 0.4) is 0 Å². The summed E-state index contributed by atoms with van der Waals surface area (Å²) >= 11 is 1.82. The fourth-order valence-corrected chi connectivity index (χ4v) is 7.31. The monoisotopic (exact) mass is 560 g/mol. The number of piperidine rings is 1. The van der Waals surface area contributed by atoms with E-state index < -0.39 is 11.6 Å². The lowest BCUT2D eigenvalue weighted by Crippen LogP contribution is -2.59. The number of aryl methyl sites for hydroxylation is 1. The van der Waals surface area contributed by atoms with Gasteiger partial charge in [-0.2, -0.15) is 0 Å². The maximum Gasteiger partial charge on any atom is 0.347 e. The van der Waals surface area contributed by atoms with E-state index >= 15 is 0 Å². The number of ether oxygens (including phenoxy) is 2. The van der Waals surface area contributed by atoms with Gasteiger partial charge < -0.3 is 19.1 Å². The lowest BCUT2D eigenvalue weighted by molar-refractivity contribution is -0.957. The molecule has 0 radical (unpaired) electrons. The minimum atomic E-state index is -1.87. The molecular formula is C33H38NO5S+. The summed E-state index contributed by atoms with van der Waals surface area (Å²) in [6.45, 7) is 3.16. The van der Waals surface area contributed by atoms with Crippen LogP contribution in [-0.4, -0.2) is 53.4 Å². The summed E-state index contributed by atoms with van der Waals surface area (Å²) in [5.41, 5.74) is -0.871. The van der Waals surface area contributed by atoms with E-state index in [1.807, 2.05) is 54.7 Å². The number of nitrogens with zero attached hydrogens (tertiary/aromatic N) is 1. The van der Waals surface area contributed by atoms with E-state index in [0.29, 0.717) is 37.0 Å². The number of quaternary nitrogens is 1. The van der Waals surface area contributed by atoms with Gasteiger partial charge in [0.25, 0.3) is 0 Å². The Balaban J connectivity index is 1.23. The summed E-state index contributed by atoms with van der Waals surface area (Å²) < 4.78 is 12.0. The van der Waals surface area contributed by atoms with Gasteiger partial charge in [-0.05, 0) is 55.2 Å². The van der Waals surface area contributed by atoms with Crippen molar-refractivity contribution in [2.24, 2.45) is 0 Å². The average molecular weight is 561 g/mol. The zero-order valence-electron chi connectivity index (χ0n) is 23.2. The van der Waals surface area contributed by atoms with Crippen molar-refractivity contribution < 1.29 is 28.7 Å². The molecule has 5 rings (SSSR count). The molecule has 0 amide bonds. The zero-order chi connectivity index (χ0) is 28.2. The Kier molecular flexibility index (Phi) is 8.54. The molecule has 0 spiro atoms. The first kappa shape index (κ1) is 28.3. The predicted octanol–water partition coefficient (Wildman–Crippen LogP) is 5.53. The Morgan fingerprint density at radius 2 is 1.50 bits per heavy atom. The number of benzene rings is 2. The Morgan fingerprint density at radius 1 is 0.925 bits per heavy atom. The maximum atomic E-state index is 13.7. The van der Waals surface area contributed by atoms with Gasteiger partial charge >= 0.3 is 11.9 Å². The van der Waals surface area contributed by atoms with Crippen molar-refractivity contribution in [2.75, 3.05) is 13.7 Å². The number of hydrogen-bond acceptors (Lipinski definition) is 6. The van der Waals surface area contributed by atoms with E-state index in [1.165, 1.54) is 9.75 Å². The van der Waals surface area contributed by atoms with Gasteiger partial charge in [0.05, 0.1) is 18.5 Å². The highest BCUT2D eigenvalue weighted by Gasteiger charge is 2.51. The summed E-state index contributed by atoms with van der Waals surface area (Å²) in [5, 5.41) is 11.8. The number of rotatable bonds is 11. The maximum absolute atomic E-state index is 13.7. The molecule has 0 aliphatic carbocycles. The van der Waals surface area contributed by atoms with Crippen LogP contribution < -0.4 is 0 Å². The molecule has 2 aromatic carbocycles. The number of carbonyl (C=O) groups is 2. The van der Waals surface area contributed by atoms with Gasteiger partial charge in [-0.15, -0.1) is 11.3 Å². The summed E-state index contributed by atoms with van der Waals surface area (Å²) in [4.78, 5) is 27.9. The van der Waals surface area contributed by atoms with E-state index in [2.05, 4.69) is 31.3 Å². The molecule has 40 heavy (non-hydrogen) atoms. The van der Waals surface area contributed by atoms with Gasteiger partial charge in [0.2, 0.25) is 5.60 Å². The van der Waals surface area contributed by atoms with Crippen LogP contribution in [0.4, 0.5) is 0 Å². The molecule has 1 fully saturated rings. The molecule has 210 valence electrons. The van der Waals surface area contributed by atoms with Crippen LogP contribution in [-0.2, 0) is 37.6 Å². The van der Waals surface area contributed by atoms with Crippen LogP contribution in [0.2, 0.25) is 0 Å². The molecule has 1 aromatic heterocycles. The standard InChI is InChI=1S/C33H38NO5S/c1-3-38-31(35)16-10-15-29-19-20-30(40-29)23-34(2)26-17-18-27(34)22-28(21-26)39-32(36)33(37,24-11-6-4-7-12-24)25-13-8-5-9-14-25/h4-9,11-14,17-20,26-28,37H,3,10,15-16,21-23H2,1-2H3/q+1/t26-,27+,28?,34?. The molecule has 2 aliphatic heterocycles.